The van der Waals surface area contributed by atoms with Crippen LogP contribution in [-0.2, 0) is 11.3 Å². The van der Waals surface area contributed by atoms with Gasteiger partial charge in [0.1, 0.15) is 16.5 Å². The van der Waals surface area contributed by atoms with Crippen LogP contribution in [0.15, 0.2) is 0 Å². The van der Waals surface area contributed by atoms with E-state index in [1.54, 1.807) is 13.8 Å². The molecule has 0 saturated heterocycles. The number of hydrogen-bond donors (Lipinski definition) is 1. The molecule has 0 fully saturated rings. The minimum atomic E-state index is -4.23. The van der Waals surface area contributed by atoms with Crippen molar-refractivity contribution >= 4 is 17.3 Å². The fourth-order valence-corrected chi connectivity index (χ4v) is 2.32. The van der Waals surface area contributed by atoms with Crippen LogP contribution in [0.5, 0.6) is 0 Å². The van der Waals surface area contributed by atoms with Crippen LogP contribution < -0.4 is 0 Å². The first-order valence-electron chi connectivity index (χ1n) is 5.61. The summed E-state index contributed by atoms with van der Waals surface area (Å²) in [5.41, 5.74) is 0.321. The third-order valence-corrected chi connectivity index (χ3v) is 3.31. The van der Waals surface area contributed by atoms with Gasteiger partial charge in [-0.05, 0) is 5.92 Å². The third kappa shape index (κ3) is 4.14. The smallest absolute Gasteiger partial charge is 0.347 e. The van der Waals surface area contributed by atoms with Crippen LogP contribution in [0, 0.1) is 0 Å². The second kappa shape index (κ2) is 6.49. The van der Waals surface area contributed by atoms with Gasteiger partial charge >= 0.3 is 18.3 Å². The molecule has 1 rings (SSSR count). The summed E-state index contributed by atoms with van der Waals surface area (Å²) in [6.07, 6.45) is -3.81. The number of thiazole rings is 1. The van der Waals surface area contributed by atoms with Crippen LogP contribution in [0.3, 0.4) is 0 Å². The largest absolute Gasteiger partial charge is 0.477 e. The van der Waals surface area contributed by atoms with Gasteiger partial charge in [0.15, 0.2) is 0 Å². The van der Waals surface area contributed by atoms with Gasteiger partial charge in [-0.2, -0.15) is 8.78 Å². The van der Waals surface area contributed by atoms with E-state index in [9.17, 15) is 22.4 Å². The SMILES string of the molecule is CC(C)c1nc(COCC(F)(F)C(F)F)sc1C(=O)O. The van der Waals surface area contributed by atoms with E-state index < -0.39 is 31.5 Å². The molecule has 0 aliphatic carbocycles. The number of carbonyl (C=O) groups is 1. The normalized spacial score (nSPS) is 12.4. The van der Waals surface area contributed by atoms with Crippen molar-refractivity contribution in [2.75, 3.05) is 6.61 Å². The third-order valence-electron chi connectivity index (χ3n) is 2.28. The molecule has 0 radical (unpaired) electrons. The van der Waals surface area contributed by atoms with Crippen molar-refractivity contribution in [1.82, 2.24) is 4.98 Å². The summed E-state index contributed by atoms with van der Waals surface area (Å²) in [6, 6.07) is 0. The van der Waals surface area contributed by atoms with Gasteiger partial charge in [-0.15, -0.1) is 11.3 Å². The molecule has 0 spiro atoms. The van der Waals surface area contributed by atoms with E-state index in [4.69, 9.17) is 5.11 Å². The highest BCUT2D eigenvalue weighted by atomic mass is 32.1. The van der Waals surface area contributed by atoms with Crippen molar-refractivity contribution in [3.05, 3.63) is 15.6 Å². The van der Waals surface area contributed by atoms with Crippen molar-refractivity contribution in [2.45, 2.75) is 38.7 Å². The fraction of sp³-hybridized carbons (Fsp3) is 0.636. The predicted octanol–water partition coefficient (Wildman–Crippen LogP) is 3.38. The maximum absolute atomic E-state index is 12.6. The standard InChI is InChI=1S/C11H13F4NO3S/c1-5(2)7-8(9(17)18)20-6(16-7)3-19-4-11(14,15)10(12)13/h5,10H,3-4H2,1-2H3,(H,17,18). The molecule has 1 N–H and O–H groups in total. The van der Waals surface area contributed by atoms with E-state index in [1.165, 1.54) is 0 Å². The molecule has 0 aliphatic heterocycles. The lowest BCUT2D eigenvalue weighted by molar-refractivity contribution is -0.168. The Morgan fingerprint density at radius 1 is 1.45 bits per heavy atom. The van der Waals surface area contributed by atoms with Gasteiger partial charge < -0.3 is 9.84 Å². The highest BCUT2D eigenvalue weighted by Crippen LogP contribution is 2.27. The van der Waals surface area contributed by atoms with Gasteiger partial charge in [-0.3, -0.25) is 0 Å². The molecule has 0 amide bonds. The molecule has 0 saturated carbocycles. The first-order valence-corrected chi connectivity index (χ1v) is 6.43. The number of halogens is 4. The quantitative estimate of drug-likeness (QED) is 0.784. The van der Waals surface area contributed by atoms with Crippen LogP contribution in [0.1, 0.15) is 40.1 Å². The number of aromatic nitrogens is 1. The second-order valence-corrected chi connectivity index (χ2v) is 5.42. The van der Waals surface area contributed by atoms with Gasteiger partial charge in [0, 0.05) is 0 Å². The molecule has 0 atom stereocenters. The summed E-state index contributed by atoms with van der Waals surface area (Å²) >= 11 is 0.787. The Bertz CT molecular complexity index is 476. The Balaban J connectivity index is 2.70. The number of alkyl halides is 4. The van der Waals surface area contributed by atoms with Crippen LogP contribution in [0.2, 0.25) is 0 Å². The highest BCUT2D eigenvalue weighted by Gasteiger charge is 2.41. The van der Waals surface area contributed by atoms with Gasteiger partial charge in [0.2, 0.25) is 0 Å². The Hall–Kier alpha value is -1.22. The lowest BCUT2D eigenvalue weighted by atomic mass is 10.1. The van der Waals surface area contributed by atoms with Gasteiger partial charge in [-0.25, -0.2) is 18.6 Å². The van der Waals surface area contributed by atoms with E-state index in [2.05, 4.69) is 9.72 Å². The molecule has 114 valence electrons. The maximum atomic E-state index is 12.6. The molecular weight excluding hydrogens is 302 g/mol. The van der Waals surface area contributed by atoms with E-state index in [-0.39, 0.29) is 15.8 Å². The Labute approximate surface area is 116 Å². The Morgan fingerprint density at radius 3 is 2.45 bits per heavy atom. The summed E-state index contributed by atoms with van der Waals surface area (Å²) in [5, 5.41) is 9.13. The summed E-state index contributed by atoms with van der Waals surface area (Å²) in [5.74, 6) is -5.56. The van der Waals surface area contributed by atoms with Crippen molar-refractivity contribution < 1.29 is 32.2 Å². The fourth-order valence-electron chi connectivity index (χ4n) is 1.32. The van der Waals surface area contributed by atoms with Crippen molar-refractivity contribution in [3.63, 3.8) is 0 Å². The summed E-state index contributed by atoms with van der Waals surface area (Å²) in [7, 11) is 0. The number of aromatic carboxylic acids is 1. The molecule has 1 aromatic rings. The monoisotopic (exact) mass is 315 g/mol. The molecule has 0 unspecified atom stereocenters. The van der Waals surface area contributed by atoms with Crippen LogP contribution in [-0.4, -0.2) is 35.0 Å². The number of ether oxygens (including phenoxy) is 1. The number of nitrogens with zero attached hydrogens (tertiary/aromatic N) is 1. The predicted molar refractivity (Wildman–Crippen MR) is 63.8 cm³/mol. The van der Waals surface area contributed by atoms with Crippen LogP contribution >= 0.6 is 11.3 Å². The molecule has 1 heterocycles. The van der Waals surface area contributed by atoms with Crippen molar-refractivity contribution in [1.29, 1.82) is 0 Å². The number of rotatable bonds is 7. The summed E-state index contributed by atoms with van der Waals surface area (Å²) < 4.78 is 53.5. The van der Waals surface area contributed by atoms with Gasteiger partial charge in [-0.1, -0.05) is 13.8 Å². The van der Waals surface area contributed by atoms with E-state index >= 15 is 0 Å². The number of carboxylic acids is 1. The van der Waals surface area contributed by atoms with Gasteiger partial charge in [0.05, 0.1) is 12.3 Å². The first-order chi connectivity index (χ1) is 9.15. The minimum absolute atomic E-state index is 0.000722. The van der Waals surface area contributed by atoms with Crippen LogP contribution in [0.4, 0.5) is 17.6 Å². The molecular formula is C11H13F4NO3S. The van der Waals surface area contributed by atoms with Gasteiger partial charge in [0.25, 0.3) is 0 Å². The van der Waals surface area contributed by atoms with Crippen molar-refractivity contribution in [3.8, 4) is 0 Å². The topological polar surface area (TPSA) is 59.4 Å². The average molecular weight is 315 g/mol. The molecule has 0 aliphatic rings. The Morgan fingerprint density at radius 2 is 2.05 bits per heavy atom. The highest BCUT2D eigenvalue weighted by molar-refractivity contribution is 7.13. The lowest BCUT2D eigenvalue weighted by Crippen LogP contribution is -2.32. The second-order valence-electron chi connectivity index (χ2n) is 4.34. The lowest BCUT2D eigenvalue weighted by Gasteiger charge is -2.14. The summed E-state index contributed by atoms with van der Waals surface area (Å²) in [4.78, 5) is 14.9. The zero-order valence-electron chi connectivity index (χ0n) is 10.7. The zero-order valence-corrected chi connectivity index (χ0v) is 11.5. The number of hydrogen-bond acceptors (Lipinski definition) is 4. The summed E-state index contributed by atoms with van der Waals surface area (Å²) in [6.45, 7) is 1.60. The molecule has 20 heavy (non-hydrogen) atoms. The zero-order chi connectivity index (χ0) is 15.5. The van der Waals surface area contributed by atoms with E-state index in [0.29, 0.717) is 5.69 Å². The molecule has 0 aromatic carbocycles. The van der Waals surface area contributed by atoms with Crippen molar-refractivity contribution in [2.24, 2.45) is 0 Å². The molecule has 9 heteroatoms. The minimum Gasteiger partial charge on any atom is -0.477 e. The Kier molecular flexibility index (Phi) is 5.46. The van der Waals surface area contributed by atoms with E-state index in [1.807, 2.05) is 0 Å². The molecule has 1 aromatic heterocycles. The number of carboxylic acid groups (broad SMARTS) is 1. The van der Waals surface area contributed by atoms with Crippen LogP contribution in [0.25, 0.3) is 0 Å². The van der Waals surface area contributed by atoms with E-state index in [0.717, 1.165) is 11.3 Å². The molecule has 4 nitrogen and oxygen atoms in total. The first kappa shape index (κ1) is 16.8. The molecule has 0 bridgehead atoms. The average Bonchev–Trinajstić information content (AvgIpc) is 2.73. The maximum Gasteiger partial charge on any atom is 0.347 e.